The summed E-state index contributed by atoms with van der Waals surface area (Å²) in [6, 6.07) is 8.22. The van der Waals surface area contributed by atoms with Crippen molar-refractivity contribution < 1.29 is 9.53 Å². The minimum atomic E-state index is 0.119. The molecule has 0 spiro atoms. The van der Waals surface area contributed by atoms with Crippen molar-refractivity contribution in [1.29, 1.82) is 0 Å². The van der Waals surface area contributed by atoms with Crippen molar-refractivity contribution in [2.75, 3.05) is 33.3 Å². The predicted molar refractivity (Wildman–Crippen MR) is 89.5 cm³/mol. The van der Waals surface area contributed by atoms with Gasteiger partial charge in [0, 0.05) is 39.3 Å². The molecule has 0 aliphatic carbocycles. The van der Waals surface area contributed by atoms with E-state index in [1.807, 2.05) is 29.2 Å². The van der Waals surface area contributed by atoms with E-state index in [1.54, 1.807) is 11.8 Å². The zero-order chi connectivity index (χ0) is 16.5. The molecule has 7 heteroatoms. The van der Waals surface area contributed by atoms with Gasteiger partial charge in [0.1, 0.15) is 12.1 Å². The first-order valence-electron chi connectivity index (χ1n) is 8.57. The number of likely N-dealkylation sites (tertiary alicyclic amines) is 2. The van der Waals surface area contributed by atoms with Crippen molar-refractivity contribution in [1.82, 2.24) is 24.8 Å². The van der Waals surface area contributed by atoms with Crippen molar-refractivity contribution in [3.05, 3.63) is 24.3 Å². The number of fused-ring (bicyclic) bond motifs is 1. The quantitative estimate of drug-likeness (QED) is 0.828. The average Bonchev–Trinajstić information content (AvgIpc) is 2.97. The van der Waals surface area contributed by atoms with Crippen LogP contribution in [0.4, 0.5) is 0 Å². The Bertz CT molecular complexity index is 717. The van der Waals surface area contributed by atoms with Crippen LogP contribution >= 0.6 is 0 Å². The van der Waals surface area contributed by atoms with E-state index >= 15 is 0 Å². The van der Waals surface area contributed by atoms with Crippen molar-refractivity contribution in [2.45, 2.75) is 31.5 Å². The number of hydrogen-bond acceptors (Lipinski definition) is 5. The average molecular weight is 329 g/mol. The Morgan fingerprint density at radius 2 is 2.00 bits per heavy atom. The van der Waals surface area contributed by atoms with Gasteiger partial charge >= 0.3 is 0 Å². The van der Waals surface area contributed by atoms with E-state index in [1.165, 1.54) is 0 Å². The first-order chi connectivity index (χ1) is 11.7. The van der Waals surface area contributed by atoms with Crippen LogP contribution in [0.3, 0.4) is 0 Å². The van der Waals surface area contributed by atoms with Crippen molar-refractivity contribution in [2.24, 2.45) is 0 Å². The third-order valence-electron chi connectivity index (χ3n) is 5.25. The van der Waals surface area contributed by atoms with Gasteiger partial charge in [-0.15, -0.1) is 5.10 Å². The number of aromatic nitrogens is 3. The number of carbonyl (C=O) groups excluding carboxylic acids is 1. The molecular formula is C17H23N5O2. The van der Waals surface area contributed by atoms with Crippen LogP contribution in [-0.2, 0) is 16.1 Å². The molecule has 4 rings (SSSR count). The summed E-state index contributed by atoms with van der Waals surface area (Å²) in [6.07, 6.45) is 2.58. The maximum atomic E-state index is 12.5. The molecule has 0 N–H and O–H groups in total. The highest BCUT2D eigenvalue weighted by atomic mass is 16.5. The van der Waals surface area contributed by atoms with Gasteiger partial charge in [-0.2, -0.15) is 0 Å². The monoisotopic (exact) mass is 329 g/mol. The van der Waals surface area contributed by atoms with Crippen molar-refractivity contribution >= 4 is 16.9 Å². The molecule has 24 heavy (non-hydrogen) atoms. The van der Waals surface area contributed by atoms with Crippen LogP contribution in [0.25, 0.3) is 11.0 Å². The molecule has 3 heterocycles. The van der Waals surface area contributed by atoms with Crippen LogP contribution in [0.15, 0.2) is 24.3 Å². The summed E-state index contributed by atoms with van der Waals surface area (Å²) in [6.45, 7) is 4.04. The molecular weight excluding hydrogens is 306 g/mol. The lowest BCUT2D eigenvalue weighted by atomic mass is 10.0. The Labute approximate surface area is 141 Å². The second-order valence-corrected chi connectivity index (χ2v) is 6.66. The number of benzene rings is 1. The molecule has 1 amide bonds. The van der Waals surface area contributed by atoms with Gasteiger partial charge in [-0.3, -0.25) is 9.69 Å². The second-order valence-electron chi connectivity index (χ2n) is 6.66. The predicted octanol–water partition coefficient (Wildman–Crippen LogP) is 0.753. The van der Waals surface area contributed by atoms with Gasteiger partial charge in [0.05, 0.1) is 11.6 Å². The molecule has 0 bridgehead atoms. The second kappa shape index (κ2) is 6.49. The summed E-state index contributed by atoms with van der Waals surface area (Å²) in [5.74, 6) is 0.119. The Morgan fingerprint density at radius 3 is 2.75 bits per heavy atom. The van der Waals surface area contributed by atoms with Crippen molar-refractivity contribution in [3.8, 4) is 0 Å². The van der Waals surface area contributed by atoms with E-state index in [0.29, 0.717) is 12.1 Å². The third kappa shape index (κ3) is 2.89. The standard InChI is InChI=1S/C17H23N5O2/c1-24-14-6-8-20(9-7-14)13-10-21(11-13)17(23)12-22-16-5-3-2-4-15(16)18-19-22/h2-5,13-14H,6-12H2,1H3. The Morgan fingerprint density at radius 1 is 1.25 bits per heavy atom. The van der Waals surface area contributed by atoms with Gasteiger partial charge < -0.3 is 9.64 Å². The lowest BCUT2D eigenvalue weighted by molar-refractivity contribution is -0.140. The van der Waals surface area contributed by atoms with Gasteiger partial charge in [0.15, 0.2) is 0 Å². The number of rotatable bonds is 4. The fourth-order valence-electron chi connectivity index (χ4n) is 3.63. The Hall–Kier alpha value is -1.99. The normalized spacial score (nSPS) is 20.5. The number of piperidine rings is 1. The van der Waals surface area contributed by atoms with Crippen LogP contribution in [0.5, 0.6) is 0 Å². The highest BCUT2D eigenvalue weighted by Gasteiger charge is 2.36. The fourth-order valence-corrected chi connectivity index (χ4v) is 3.63. The van der Waals surface area contributed by atoms with E-state index in [4.69, 9.17) is 4.74 Å². The molecule has 1 aromatic carbocycles. The summed E-state index contributed by atoms with van der Waals surface area (Å²) < 4.78 is 7.11. The molecule has 2 aliphatic rings. The lowest BCUT2D eigenvalue weighted by Crippen LogP contribution is -2.62. The number of amides is 1. The van der Waals surface area contributed by atoms with E-state index < -0.39 is 0 Å². The van der Waals surface area contributed by atoms with Crippen LogP contribution in [0.2, 0.25) is 0 Å². The molecule has 2 fully saturated rings. The Kier molecular flexibility index (Phi) is 4.20. The van der Waals surface area contributed by atoms with E-state index in [2.05, 4.69) is 15.2 Å². The highest BCUT2D eigenvalue weighted by Crippen LogP contribution is 2.21. The smallest absolute Gasteiger partial charge is 0.244 e. The van der Waals surface area contributed by atoms with Gasteiger partial charge in [-0.05, 0) is 25.0 Å². The third-order valence-corrected chi connectivity index (χ3v) is 5.25. The minimum Gasteiger partial charge on any atom is -0.381 e. The van der Waals surface area contributed by atoms with Crippen molar-refractivity contribution in [3.63, 3.8) is 0 Å². The fraction of sp³-hybridized carbons (Fsp3) is 0.588. The molecule has 7 nitrogen and oxygen atoms in total. The first kappa shape index (κ1) is 15.5. The first-order valence-corrected chi connectivity index (χ1v) is 8.57. The zero-order valence-electron chi connectivity index (χ0n) is 14.0. The molecule has 2 aliphatic heterocycles. The summed E-state index contributed by atoms with van der Waals surface area (Å²) in [5, 5.41) is 8.20. The molecule has 1 aromatic heterocycles. The molecule has 0 atom stereocenters. The molecule has 0 radical (unpaired) electrons. The van der Waals surface area contributed by atoms with E-state index in [9.17, 15) is 4.79 Å². The zero-order valence-corrected chi connectivity index (χ0v) is 14.0. The molecule has 0 unspecified atom stereocenters. The topological polar surface area (TPSA) is 63.5 Å². The summed E-state index contributed by atoms with van der Waals surface area (Å²) >= 11 is 0. The summed E-state index contributed by atoms with van der Waals surface area (Å²) in [5.41, 5.74) is 1.73. The number of nitrogens with zero attached hydrogens (tertiary/aromatic N) is 5. The molecule has 128 valence electrons. The van der Waals surface area contributed by atoms with Crippen LogP contribution in [-0.4, -0.2) is 76.1 Å². The molecule has 2 aromatic rings. The van der Waals surface area contributed by atoms with Gasteiger partial charge in [0.25, 0.3) is 0 Å². The van der Waals surface area contributed by atoms with Crippen LogP contribution < -0.4 is 0 Å². The number of carbonyl (C=O) groups is 1. The maximum Gasteiger partial charge on any atom is 0.244 e. The molecule has 0 saturated carbocycles. The van der Waals surface area contributed by atoms with Crippen LogP contribution in [0.1, 0.15) is 12.8 Å². The van der Waals surface area contributed by atoms with E-state index in [0.717, 1.165) is 50.1 Å². The molecule has 2 saturated heterocycles. The lowest BCUT2D eigenvalue weighted by Gasteiger charge is -2.47. The SMILES string of the molecule is COC1CCN(C2CN(C(=O)Cn3nnc4ccccc43)C2)CC1. The highest BCUT2D eigenvalue weighted by molar-refractivity contribution is 5.80. The number of ether oxygens (including phenoxy) is 1. The summed E-state index contributed by atoms with van der Waals surface area (Å²) in [4.78, 5) is 16.9. The van der Waals surface area contributed by atoms with Gasteiger partial charge in [0.2, 0.25) is 5.91 Å². The van der Waals surface area contributed by atoms with Crippen LogP contribution in [0, 0.1) is 0 Å². The number of methoxy groups -OCH3 is 1. The Balaban J connectivity index is 1.30. The number of hydrogen-bond donors (Lipinski definition) is 0. The largest absolute Gasteiger partial charge is 0.381 e. The van der Waals surface area contributed by atoms with E-state index in [-0.39, 0.29) is 12.5 Å². The maximum absolute atomic E-state index is 12.5. The minimum absolute atomic E-state index is 0.119. The number of para-hydroxylation sites is 1. The van der Waals surface area contributed by atoms with Gasteiger partial charge in [-0.25, -0.2) is 4.68 Å². The van der Waals surface area contributed by atoms with Gasteiger partial charge in [-0.1, -0.05) is 17.3 Å². The summed E-state index contributed by atoms with van der Waals surface area (Å²) in [7, 11) is 1.79.